The summed E-state index contributed by atoms with van der Waals surface area (Å²) in [7, 11) is 1.58. The highest BCUT2D eigenvalue weighted by atomic mass is 32.2. The highest BCUT2D eigenvalue weighted by Gasteiger charge is 2.30. The number of methoxy groups -OCH3 is 1. The molecule has 0 atom stereocenters. The maximum atomic E-state index is 13.4. The van der Waals surface area contributed by atoms with E-state index in [1.807, 2.05) is 86.7 Å². The van der Waals surface area contributed by atoms with E-state index in [1.165, 1.54) is 11.8 Å². The Kier molecular flexibility index (Phi) is 7.77. The van der Waals surface area contributed by atoms with E-state index in [1.54, 1.807) is 12.0 Å². The lowest BCUT2D eigenvalue weighted by Crippen LogP contribution is -2.42. The molecule has 1 aliphatic heterocycles. The number of amides is 2. The average molecular weight is 489 g/mol. The van der Waals surface area contributed by atoms with Gasteiger partial charge in [-0.05, 0) is 55.3 Å². The van der Waals surface area contributed by atoms with Crippen molar-refractivity contribution < 1.29 is 19.1 Å². The Morgan fingerprint density at radius 1 is 1.06 bits per heavy atom. The van der Waals surface area contributed by atoms with Crippen LogP contribution in [0.2, 0.25) is 0 Å². The third-order valence-corrected chi connectivity index (χ3v) is 6.60. The predicted molar refractivity (Wildman–Crippen MR) is 140 cm³/mol. The molecule has 1 heterocycles. The molecule has 0 fully saturated rings. The number of hydrogen-bond donors (Lipinski definition) is 1. The van der Waals surface area contributed by atoms with Gasteiger partial charge in [0.2, 0.25) is 5.91 Å². The van der Waals surface area contributed by atoms with Crippen molar-refractivity contribution >= 4 is 35.3 Å². The van der Waals surface area contributed by atoms with Crippen LogP contribution in [0.15, 0.2) is 76.5 Å². The second kappa shape index (κ2) is 11.1. The molecule has 0 saturated heterocycles. The van der Waals surface area contributed by atoms with E-state index in [0.717, 1.165) is 27.3 Å². The number of carbonyl (C=O) groups excluding carboxylic acids is 2. The minimum absolute atomic E-state index is 0.0736. The van der Waals surface area contributed by atoms with Crippen molar-refractivity contribution in [2.75, 3.05) is 25.2 Å². The van der Waals surface area contributed by atoms with Gasteiger partial charge < -0.3 is 14.8 Å². The van der Waals surface area contributed by atoms with E-state index in [2.05, 4.69) is 5.32 Å². The van der Waals surface area contributed by atoms with Crippen molar-refractivity contribution in [3.05, 3.63) is 88.3 Å². The van der Waals surface area contributed by atoms with Crippen molar-refractivity contribution in [2.45, 2.75) is 25.3 Å². The minimum Gasteiger partial charge on any atom is -0.493 e. The fourth-order valence-corrected chi connectivity index (χ4v) is 4.79. The van der Waals surface area contributed by atoms with Crippen LogP contribution < -0.4 is 19.7 Å². The topological polar surface area (TPSA) is 67.9 Å². The normalized spacial score (nSPS) is 14.0. The molecule has 3 aromatic carbocycles. The maximum absolute atomic E-state index is 13.4. The van der Waals surface area contributed by atoms with Gasteiger partial charge in [-0.15, -0.1) is 0 Å². The average Bonchev–Trinajstić information content (AvgIpc) is 2.87. The highest BCUT2D eigenvalue weighted by molar-refractivity contribution is 8.04. The van der Waals surface area contributed by atoms with E-state index in [4.69, 9.17) is 9.47 Å². The molecule has 180 valence electrons. The maximum Gasteiger partial charge on any atom is 0.265 e. The summed E-state index contributed by atoms with van der Waals surface area (Å²) in [5.74, 6) is 0.836. The third kappa shape index (κ3) is 5.87. The summed E-state index contributed by atoms with van der Waals surface area (Å²) in [4.78, 5) is 29.3. The number of aryl methyl sites for hydroxylation is 1. The summed E-state index contributed by atoms with van der Waals surface area (Å²) in [5.41, 5.74) is 3.71. The molecule has 6 nitrogen and oxygen atoms in total. The Morgan fingerprint density at radius 3 is 2.57 bits per heavy atom. The number of nitrogens with one attached hydrogen (secondary N) is 1. The van der Waals surface area contributed by atoms with Gasteiger partial charge in [-0.1, -0.05) is 59.8 Å². The van der Waals surface area contributed by atoms with Crippen LogP contribution in [0.1, 0.15) is 23.6 Å². The molecule has 0 bridgehead atoms. The van der Waals surface area contributed by atoms with Crippen molar-refractivity contribution in [1.29, 1.82) is 0 Å². The lowest BCUT2D eigenvalue weighted by molar-refractivity contribution is -0.122. The molecular weight excluding hydrogens is 460 g/mol. The van der Waals surface area contributed by atoms with E-state index in [-0.39, 0.29) is 18.4 Å². The molecule has 2 amide bonds. The van der Waals surface area contributed by atoms with Crippen LogP contribution in [0.4, 0.5) is 5.69 Å². The Bertz CT molecular complexity index is 1250. The lowest BCUT2D eigenvalue weighted by Gasteiger charge is -2.29. The molecule has 4 rings (SSSR count). The van der Waals surface area contributed by atoms with Crippen LogP contribution in [-0.4, -0.2) is 32.1 Å². The second-order valence-corrected chi connectivity index (χ2v) is 9.16. The van der Waals surface area contributed by atoms with Crippen molar-refractivity contribution in [1.82, 2.24) is 5.32 Å². The first-order chi connectivity index (χ1) is 17.0. The molecular formula is C28H28N2O4S. The lowest BCUT2D eigenvalue weighted by atomic mass is 10.1. The van der Waals surface area contributed by atoms with Gasteiger partial charge in [0, 0.05) is 11.4 Å². The summed E-state index contributed by atoms with van der Waals surface area (Å²) in [6.07, 6.45) is 1.87. The minimum atomic E-state index is -0.248. The SMILES string of the molecule is CCOc1ccc(CNC(=O)CN2C(=O)C(=Cc3ccc(C)cc3)Sc3ccccc32)cc1OC. The molecule has 3 aromatic rings. The van der Waals surface area contributed by atoms with Gasteiger partial charge in [0.1, 0.15) is 6.54 Å². The van der Waals surface area contributed by atoms with Gasteiger partial charge in [-0.2, -0.15) is 0 Å². The van der Waals surface area contributed by atoms with Gasteiger partial charge in [0.15, 0.2) is 11.5 Å². The predicted octanol–water partition coefficient (Wildman–Crippen LogP) is 5.20. The number of thioether (sulfide) groups is 1. The van der Waals surface area contributed by atoms with Crippen molar-refractivity contribution in [3.8, 4) is 11.5 Å². The van der Waals surface area contributed by atoms with E-state index in [9.17, 15) is 9.59 Å². The van der Waals surface area contributed by atoms with E-state index in [0.29, 0.717) is 29.6 Å². The first kappa shape index (κ1) is 24.4. The van der Waals surface area contributed by atoms with Crippen LogP contribution >= 0.6 is 11.8 Å². The zero-order chi connectivity index (χ0) is 24.8. The Morgan fingerprint density at radius 2 is 1.83 bits per heavy atom. The number of fused-ring (bicyclic) bond motifs is 1. The Hall–Kier alpha value is -3.71. The van der Waals surface area contributed by atoms with Gasteiger partial charge in [-0.3, -0.25) is 14.5 Å². The number of anilines is 1. The molecule has 0 radical (unpaired) electrons. The number of rotatable bonds is 8. The summed E-state index contributed by atoms with van der Waals surface area (Å²) in [5, 5.41) is 2.92. The van der Waals surface area contributed by atoms with Crippen LogP contribution in [0.3, 0.4) is 0 Å². The first-order valence-corrected chi connectivity index (χ1v) is 12.2. The number of para-hydroxylation sites is 1. The monoisotopic (exact) mass is 488 g/mol. The van der Waals surface area contributed by atoms with E-state index < -0.39 is 0 Å². The van der Waals surface area contributed by atoms with E-state index >= 15 is 0 Å². The zero-order valence-electron chi connectivity index (χ0n) is 20.0. The van der Waals surface area contributed by atoms with Gasteiger partial charge in [-0.25, -0.2) is 0 Å². The third-order valence-electron chi connectivity index (χ3n) is 5.53. The van der Waals surface area contributed by atoms with Crippen LogP contribution in [-0.2, 0) is 16.1 Å². The number of nitrogens with zero attached hydrogens (tertiary/aromatic N) is 1. The molecule has 0 spiro atoms. The Labute approximate surface area is 209 Å². The number of ether oxygens (including phenoxy) is 2. The molecule has 0 unspecified atom stereocenters. The summed E-state index contributed by atoms with van der Waals surface area (Å²) >= 11 is 1.43. The van der Waals surface area contributed by atoms with Gasteiger partial charge in [0.05, 0.1) is 24.3 Å². The molecule has 35 heavy (non-hydrogen) atoms. The van der Waals surface area contributed by atoms with Crippen LogP contribution in [0.25, 0.3) is 6.08 Å². The first-order valence-electron chi connectivity index (χ1n) is 11.4. The van der Waals surface area contributed by atoms with Crippen molar-refractivity contribution in [3.63, 3.8) is 0 Å². The fourth-order valence-electron chi connectivity index (χ4n) is 3.73. The number of benzene rings is 3. The second-order valence-electron chi connectivity index (χ2n) is 8.08. The molecule has 1 N–H and O–H groups in total. The van der Waals surface area contributed by atoms with Crippen LogP contribution in [0.5, 0.6) is 11.5 Å². The Balaban J connectivity index is 1.49. The standard InChI is InChI=1S/C28H28N2O4S/c1-4-34-23-14-13-21(15-24(23)33-3)17-29-27(31)18-30-22-7-5-6-8-25(22)35-26(28(30)32)16-20-11-9-19(2)10-12-20/h5-16H,4,17-18H2,1-3H3,(H,29,31). The summed E-state index contributed by atoms with van der Waals surface area (Å²) < 4.78 is 10.9. The smallest absolute Gasteiger partial charge is 0.265 e. The summed E-state index contributed by atoms with van der Waals surface area (Å²) in [6, 6.07) is 21.2. The molecule has 1 aliphatic rings. The van der Waals surface area contributed by atoms with Crippen LogP contribution in [0, 0.1) is 6.92 Å². The molecule has 0 aliphatic carbocycles. The molecule has 7 heteroatoms. The number of carbonyl (C=O) groups is 2. The fraction of sp³-hybridized carbons (Fsp3) is 0.214. The largest absolute Gasteiger partial charge is 0.493 e. The summed E-state index contributed by atoms with van der Waals surface area (Å²) in [6.45, 7) is 4.71. The quantitative estimate of drug-likeness (QED) is 0.442. The molecule has 0 aromatic heterocycles. The number of hydrogen-bond acceptors (Lipinski definition) is 5. The highest BCUT2D eigenvalue weighted by Crippen LogP contribution is 2.41. The zero-order valence-corrected chi connectivity index (χ0v) is 20.9. The van der Waals surface area contributed by atoms with Gasteiger partial charge in [0.25, 0.3) is 5.91 Å². The van der Waals surface area contributed by atoms with Gasteiger partial charge >= 0.3 is 0 Å². The molecule has 0 saturated carbocycles. The van der Waals surface area contributed by atoms with Crippen molar-refractivity contribution in [2.24, 2.45) is 0 Å².